The van der Waals surface area contributed by atoms with Crippen LogP contribution < -0.4 is 20.3 Å². The minimum atomic E-state index is -0.256. The second kappa shape index (κ2) is 9.04. The molecule has 0 aliphatic rings. The first-order valence-corrected chi connectivity index (χ1v) is 10.1. The average Bonchev–Trinajstić information content (AvgIpc) is 3.22. The molecule has 0 saturated carbocycles. The Balaban J connectivity index is 1.54. The van der Waals surface area contributed by atoms with Gasteiger partial charge in [0.25, 0.3) is 5.56 Å². The number of benzene rings is 2. The number of hydrogen-bond acceptors (Lipinski definition) is 6. The first kappa shape index (κ1) is 21.3. The van der Waals surface area contributed by atoms with Gasteiger partial charge in [-0.1, -0.05) is 11.6 Å². The summed E-state index contributed by atoms with van der Waals surface area (Å²) in [5, 5.41) is 13.4. The van der Waals surface area contributed by atoms with Crippen molar-refractivity contribution in [1.82, 2.24) is 14.5 Å². The van der Waals surface area contributed by atoms with Gasteiger partial charge in [0.05, 0.1) is 18.2 Å². The maximum absolute atomic E-state index is 12.7. The Morgan fingerprint density at radius 3 is 2.81 bits per heavy atom. The lowest BCUT2D eigenvalue weighted by atomic mass is 10.1. The number of imidazole rings is 1. The molecule has 0 radical (unpaired) electrons. The van der Waals surface area contributed by atoms with E-state index in [9.17, 15) is 4.79 Å². The molecule has 2 aromatic heterocycles. The third kappa shape index (κ3) is 4.24. The molecule has 9 heteroatoms. The molecule has 0 saturated heterocycles. The fourth-order valence-corrected chi connectivity index (χ4v) is 3.55. The van der Waals surface area contributed by atoms with Crippen LogP contribution in [0.15, 0.2) is 53.6 Å². The van der Waals surface area contributed by atoms with Gasteiger partial charge in [-0.05, 0) is 30.3 Å². The van der Waals surface area contributed by atoms with Crippen molar-refractivity contribution in [3.63, 3.8) is 0 Å². The van der Waals surface area contributed by atoms with Crippen LogP contribution in [-0.2, 0) is 20.2 Å². The summed E-state index contributed by atoms with van der Waals surface area (Å²) in [6, 6.07) is 12.6. The number of halogens is 1. The highest BCUT2D eigenvalue weighted by Crippen LogP contribution is 2.32. The monoisotopic (exact) mass is 449 g/mol. The maximum Gasteiger partial charge on any atom is 0.253 e. The normalized spacial score (nSPS) is 10.7. The number of anilines is 1. The van der Waals surface area contributed by atoms with Crippen molar-refractivity contribution in [1.29, 1.82) is 5.26 Å². The minimum Gasteiger partial charge on any atom is -0.495 e. The second-order valence-electron chi connectivity index (χ2n) is 7.09. The number of pyridine rings is 1. The number of hydrogen-bond donors (Lipinski definition) is 2. The van der Waals surface area contributed by atoms with E-state index in [0.29, 0.717) is 33.2 Å². The van der Waals surface area contributed by atoms with Gasteiger partial charge in [0.2, 0.25) is 0 Å². The molecule has 4 rings (SSSR count). The van der Waals surface area contributed by atoms with Gasteiger partial charge in [-0.2, -0.15) is 5.26 Å². The van der Waals surface area contributed by atoms with E-state index < -0.39 is 0 Å². The smallest absolute Gasteiger partial charge is 0.253 e. The molecule has 0 fully saturated rings. The van der Waals surface area contributed by atoms with Crippen LogP contribution in [0.1, 0.15) is 17.0 Å². The van der Waals surface area contributed by atoms with Crippen molar-refractivity contribution in [3.8, 4) is 17.6 Å². The SMILES string of the molecule is COc1cc(NCc2cc3ccc(OCc4nccn4C)c(Cl)c3[nH]c2=O)ccc1C#N. The highest BCUT2D eigenvalue weighted by molar-refractivity contribution is 6.36. The Morgan fingerprint density at radius 2 is 2.09 bits per heavy atom. The quantitative estimate of drug-likeness (QED) is 0.442. The van der Waals surface area contributed by atoms with Gasteiger partial charge in [0, 0.05) is 48.7 Å². The number of H-pyrrole nitrogens is 1. The summed E-state index contributed by atoms with van der Waals surface area (Å²) in [5.41, 5.74) is 1.97. The summed E-state index contributed by atoms with van der Waals surface area (Å²) >= 11 is 6.50. The molecule has 162 valence electrons. The number of nitrogens with one attached hydrogen (secondary N) is 2. The van der Waals surface area contributed by atoms with Crippen molar-refractivity contribution < 1.29 is 9.47 Å². The number of methoxy groups -OCH3 is 1. The number of nitriles is 1. The molecule has 0 bridgehead atoms. The molecule has 0 aliphatic heterocycles. The first-order chi connectivity index (χ1) is 15.5. The lowest BCUT2D eigenvalue weighted by Gasteiger charge is -2.12. The Labute approximate surface area is 189 Å². The van der Waals surface area contributed by atoms with E-state index in [1.165, 1.54) is 7.11 Å². The van der Waals surface area contributed by atoms with Gasteiger partial charge in [-0.15, -0.1) is 0 Å². The predicted octanol–water partition coefficient (Wildman–Crippen LogP) is 3.99. The third-order valence-corrected chi connectivity index (χ3v) is 5.46. The summed E-state index contributed by atoms with van der Waals surface area (Å²) in [7, 11) is 3.39. The summed E-state index contributed by atoms with van der Waals surface area (Å²) < 4.78 is 12.9. The van der Waals surface area contributed by atoms with E-state index in [4.69, 9.17) is 26.3 Å². The van der Waals surface area contributed by atoms with Crippen LogP contribution in [0.25, 0.3) is 10.9 Å². The van der Waals surface area contributed by atoms with Gasteiger partial charge in [-0.3, -0.25) is 4.79 Å². The fraction of sp³-hybridized carbons (Fsp3) is 0.174. The molecule has 0 amide bonds. The molecule has 2 aromatic carbocycles. The van der Waals surface area contributed by atoms with Gasteiger partial charge < -0.3 is 24.3 Å². The number of aromatic amines is 1. The number of rotatable bonds is 7. The molecular weight excluding hydrogens is 430 g/mol. The standard InChI is InChI=1S/C23H20ClN5O3/c1-29-8-7-26-20(29)13-32-18-6-4-14-9-16(23(30)28-22(14)21(18)24)12-27-17-5-3-15(11-25)19(10-17)31-2/h3-10,27H,12-13H2,1-2H3,(H,28,30). The predicted molar refractivity (Wildman–Crippen MR) is 122 cm³/mol. The van der Waals surface area contributed by atoms with Gasteiger partial charge >= 0.3 is 0 Å². The topological polar surface area (TPSA) is 105 Å². The maximum atomic E-state index is 12.7. The molecule has 0 unspecified atom stereocenters. The van der Waals surface area contributed by atoms with Crippen LogP contribution in [0.3, 0.4) is 0 Å². The number of ether oxygens (including phenoxy) is 2. The minimum absolute atomic E-state index is 0.256. The van der Waals surface area contributed by atoms with E-state index in [-0.39, 0.29) is 18.7 Å². The van der Waals surface area contributed by atoms with Crippen molar-refractivity contribution in [2.45, 2.75) is 13.2 Å². The van der Waals surface area contributed by atoms with E-state index in [1.54, 1.807) is 36.5 Å². The Morgan fingerprint density at radius 1 is 1.25 bits per heavy atom. The third-order valence-electron chi connectivity index (χ3n) is 5.08. The zero-order chi connectivity index (χ0) is 22.7. The van der Waals surface area contributed by atoms with Crippen molar-refractivity contribution >= 4 is 28.2 Å². The van der Waals surface area contributed by atoms with Crippen LogP contribution >= 0.6 is 11.6 Å². The molecule has 0 atom stereocenters. The highest BCUT2D eigenvalue weighted by atomic mass is 35.5. The zero-order valence-electron chi connectivity index (χ0n) is 17.5. The van der Waals surface area contributed by atoms with Gasteiger partial charge in [0.1, 0.15) is 35.0 Å². The summed E-state index contributed by atoms with van der Waals surface area (Å²) in [4.78, 5) is 19.7. The number of aromatic nitrogens is 3. The lowest BCUT2D eigenvalue weighted by molar-refractivity contribution is 0.292. The summed E-state index contributed by atoms with van der Waals surface area (Å²) in [5.74, 6) is 1.69. The van der Waals surface area contributed by atoms with Crippen LogP contribution in [-0.4, -0.2) is 21.6 Å². The van der Waals surface area contributed by atoms with Gasteiger partial charge in [0.15, 0.2) is 0 Å². The molecular formula is C23H20ClN5O3. The second-order valence-corrected chi connectivity index (χ2v) is 7.47. The zero-order valence-corrected chi connectivity index (χ0v) is 18.2. The molecule has 0 aliphatic carbocycles. The first-order valence-electron chi connectivity index (χ1n) is 9.75. The van der Waals surface area contributed by atoms with E-state index in [1.807, 2.05) is 23.9 Å². The number of aryl methyl sites for hydroxylation is 1. The highest BCUT2D eigenvalue weighted by Gasteiger charge is 2.12. The van der Waals surface area contributed by atoms with E-state index in [0.717, 1.165) is 16.9 Å². The molecule has 2 N–H and O–H groups in total. The van der Waals surface area contributed by atoms with Crippen LogP contribution in [0.4, 0.5) is 5.69 Å². The molecule has 32 heavy (non-hydrogen) atoms. The molecule has 2 heterocycles. The number of nitrogens with zero attached hydrogens (tertiary/aromatic N) is 3. The Kier molecular flexibility index (Phi) is 6.01. The average molecular weight is 450 g/mol. The van der Waals surface area contributed by atoms with E-state index in [2.05, 4.69) is 21.4 Å². The largest absolute Gasteiger partial charge is 0.495 e. The van der Waals surface area contributed by atoms with Crippen LogP contribution in [0, 0.1) is 11.3 Å². The van der Waals surface area contributed by atoms with Crippen LogP contribution in [0.2, 0.25) is 5.02 Å². The van der Waals surface area contributed by atoms with Gasteiger partial charge in [-0.25, -0.2) is 4.98 Å². The summed E-state index contributed by atoms with van der Waals surface area (Å²) in [6.07, 6.45) is 3.53. The Bertz CT molecular complexity index is 1390. The van der Waals surface area contributed by atoms with Crippen molar-refractivity contribution in [2.75, 3.05) is 12.4 Å². The molecule has 4 aromatic rings. The van der Waals surface area contributed by atoms with Crippen molar-refractivity contribution in [2.24, 2.45) is 7.05 Å². The lowest BCUT2D eigenvalue weighted by Crippen LogP contribution is -2.16. The Hall–Kier alpha value is -3.96. The van der Waals surface area contributed by atoms with Crippen LogP contribution in [0.5, 0.6) is 11.5 Å². The molecule has 8 nitrogen and oxygen atoms in total. The van der Waals surface area contributed by atoms with E-state index >= 15 is 0 Å². The summed E-state index contributed by atoms with van der Waals surface area (Å²) in [6.45, 7) is 0.546. The van der Waals surface area contributed by atoms with Crippen molar-refractivity contribution in [3.05, 3.63) is 81.1 Å². The number of fused-ring (bicyclic) bond motifs is 1. The fourth-order valence-electron chi connectivity index (χ4n) is 3.28. The molecule has 0 spiro atoms.